The summed E-state index contributed by atoms with van der Waals surface area (Å²) in [6, 6.07) is 0.446. The SMILES string of the molecule is O=C(O)C1CCC(C(=O)N2CCSC3CCCCC32)CC1. The second-order valence-electron chi connectivity index (χ2n) is 6.68. The number of nitrogens with zero attached hydrogens (tertiary/aromatic N) is 1. The largest absolute Gasteiger partial charge is 0.481 e. The molecule has 1 aliphatic heterocycles. The van der Waals surface area contributed by atoms with Crippen molar-refractivity contribution in [2.75, 3.05) is 12.3 Å². The lowest BCUT2D eigenvalue weighted by Crippen LogP contribution is -2.53. The molecule has 2 saturated carbocycles. The zero-order valence-electron chi connectivity index (χ0n) is 12.5. The van der Waals surface area contributed by atoms with Gasteiger partial charge in [0.1, 0.15) is 0 Å². The van der Waals surface area contributed by atoms with Crippen molar-refractivity contribution in [2.24, 2.45) is 11.8 Å². The summed E-state index contributed by atoms with van der Waals surface area (Å²) in [6.45, 7) is 0.892. The quantitative estimate of drug-likeness (QED) is 0.852. The number of carbonyl (C=O) groups excluding carboxylic acids is 1. The number of aliphatic carboxylic acids is 1. The molecule has 3 aliphatic rings. The minimum atomic E-state index is -0.692. The topological polar surface area (TPSA) is 57.6 Å². The molecule has 0 spiro atoms. The number of hydrogen-bond acceptors (Lipinski definition) is 3. The Hall–Kier alpha value is -0.710. The van der Waals surface area contributed by atoms with Crippen LogP contribution in [0.15, 0.2) is 0 Å². The summed E-state index contributed by atoms with van der Waals surface area (Å²) in [5.41, 5.74) is 0. The van der Waals surface area contributed by atoms with E-state index in [1.165, 1.54) is 19.3 Å². The molecule has 2 aliphatic carbocycles. The van der Waals surface area contributed by atoms with Gasteiger partial charge in [0.2, 0.25) is 5.91 Å². The molecule has 118 valence electrons. The number of rotatable bonds is 2. The van der Waals surface area contributed by atoms with Crippen LogP contribution in [0.2, 0.25) is 0 Å². The van der Waals surface area contributed by atoms with Gasteiger partial charge in [0.15, 0.2) is 0 Å². The minimum absolute atomic E-state index is 0.0753. The molecule has 1 saturated heterocycles. The van der Waals surface area contributed by atoms with Crippen LogP contribution in [0.25, 0.3) is 0 Å². The number of carboxylic acid groups (broad SMARTS) is 1. The second-order valence-corrected chi connectivity index (χ2v) is 8.03. The van der Waals surface area contributed by atoms with Crippen molar-refractivity contribution in [2.45, 2.75) is 62.7 Å². The number of hydrogen-bond donors (Lipinski definition) is 1. The Bertz CT molecular complexity index is 404. The van der Waals surface area contributed by atoms with Crippen LogP contribution < -0.4 is 0 Å². The van der Waals surface area contributed by atoms with Gasteiger partial charge >= 0.3 is 5.97 Å². The molecule has 0 aromatic heterocycles. The van der Waals surface area contributed by atoms with Crippen LogP contribution in [0.1, 0.15) is 51.4 Å². The normalized spacial score (nSPS) is 36.9. The van der Waals surface area contributed by atoms with E-state index in [9.17, 15) is 9.59 Å². The molecule has 5 heteroatoms. The molecule has 1 heterocycles. The van der Waals surface area contributed by atoms with Gasteiger partial charge in [0, 0.05) is 29.5 Å². The molecule has 0 aromatic rings. The van der Waals surface area contributed by atoms with Gasteiger partial charge in [0.25, 0.3) is 0 Å². The van der Waals surface area contributed by atoms with Gasteiger partial charge in [0.05, 0.1) is 5.92 Å². The summed E-state index contributed by atoms with van der Waals surface area (Å²) in [5, 5.41) is 9.71. The van der Waals surface area contributed by atoms with E-state index in [4.69, 9.17) is 5.11 Å². The number of thioether (sulfide) groups is 1. The molecule has 2 atom stereocenters. The highest BCUT2D eigenvalue weighted by atomic mass is 32.2. The molecular formula is C16H25NO3S. The molecule has 21 heavy (non-hydrogen) atoms. The van der Waals surface area contributed by atoms with Gasteiger partial charge in [-0.1, -0.05) is 12.8 Å². The average Bonchev–Trinajstić information content (AvgIpc) is 2.53. The van der Waals surface area contributed by atoms with Gasteiger partial charge < -0.3 is 10.0 Å². The van der Waals surface area contributed by atoms with Crippen LogP contribution in [0.5, 0.6) is 0 Å². The van der Waals surface area contributed by atoms with Crippen LogP contribution >= 0.6 is 11.8 Å². The Labute approximate surface area is 130 Å². The molecule has 1 amide bonds. The fourth-order valence-corrected chi connectivity index (χ4v) is 5.64. The Kier molecular flexibility index (Phi) is 4.77. The van der Waals surface area contributed by atoms with Gasteiger partial charge in [-0.2, -0.15) is 11.8 Å². The number of fused-ring (bicyclic) bond motifs is 1. The van der Waals surface area contributed by atoms with Gasteiger partial charge in [-0.15, -0.1) is 0 Å². The third-order valence-electron chi connectivity index (χ3n) is 5.44. The standard InChI is InChI=1S/C16H25NO3S/c18-15(11-5-7-12(8-6-11)16(19)20)17-9-10-21-14-4-2-1-3-13(14)17/h11-14H,1-10H2,(H,19,20). The summed E-state index contributed by atoms with van der Waals surface area (Å²) in [6.07, 6.45) is 7.83. The lowest BCUT2D eigenvalue weighted by molar-refractivity contribution is -0.146. The molecule has 3 rings (SSSR count). The minimum Gasteiger partial charge on any atom is -0.481 e. The highest BCUT2D eigenvalue weighted by molar-refractivity contribution is 8.00. The van der Waals surface area contributed by atoms with E-state index < -0.39 is 5.97 Å². The smallest absolute Gasteiger partial charge is 0.306 e. The molecule has 1 N–H and O–H groups in total. The van der Waals surface area contributed by atoms with Crippen molar-refractivity contribution in [3.63, 3.8) is 0 Å². The van der Waals surface area contributed by atoms with Gasteiger partial charge in [-0.25, -0.2) is 0 Å². The van der Waals surface area contributed by atoms with Crippen LogP contribution in [0, 0.1) is 11.8 Å². The van der Waals surface area contributed by atoms with E-state index in [0.717, 1.165) is 31.6 Å². The number of carboxylic acids is 1. The Morgan fingerprint density at radius 1 is 0.952 bits per heavy atom. The molecule has 3 fully saturated rings. The van der Waals surface area contributed by atoms with Crippen LogP contribution in [0.4, 0.5) is 0 Å². The van der Waals surface area contributed by atoms with Crippen LogP contribution in [-0.4, -0.2) is 45.5 Å². The number of amides is 1. The molecule has 4 nitrogen and oxygen atoms in total. The Morgan fingerprint density at radius 3 is 2.33 bits per heavy atom. The maximum atomic E-state index is 12.9. The second kappa shape index (κ2) is 6.59. The van der Waals surface area contributed by atoms with E-state index in [1.807, 2.05) is 11.8 Å². The average molecular weight is 311 g/mol. The maximum absolute atomic E-state index is 12.9. The summed E-state index contributed by atoms with van der Waals surface area (Å²) in [7, 11) is 0. The zero-order valence-corrected chi connectivity index (χ0v) is 13.3. The first-order chi connectivity index (χ1) is 10.2. The van der Waals surface area contributed by atoms with E-state index in [-0.39, 0.29) is 11.8 Å². The highest BCUT2D eigenvalue weighted by Crippen LogP contribution is 2.38. The van der Waals surface area contributed by atoms with Crippen molar-refractivity contribution >= 4 is 23.6 Å². The first kappa shape index (κ1) is 15.2. The zero-order chi connectivity index (χ0) is 14.8. The summed E-state index contributed by atoms with van der Waals surface area (Å²) < 4.78 is 0. The fraction of sp³-hybridized carbons (Fsp3) is 0.875. The van der Waals surface area contributed by atoms with Crippen LogP contribution in [-0.2, 0) is 9.59 Å². The summed E-state index contributed by atoms with van der Waals surface area (Å²) >= 11 is 2.05. The lowest BCUT2D eigenvalue weighted by Gasteiger charge is -2.45. The van der Waals surface area contributed by atoms with Crippen molar-refractivity contribution in [1.82, 2.24) is 4.90 Å². The molecule has 2 unspecified atom stereocenters. The maximum Gasteiger partial charge on any atom is 0.306 e. The Balaban J connectivity index is 1.61. The van der Waals surface area contributed by atoms with Gasteiger partial charge in [-0.3, -0.25) is 9.59 Å². The third-order valence-corrected chi connectivity index (χ3v) is 6.84. The van der Waals surface area contributed by atoms with E-state index in [1.54, 1.807) is 0 Å². The van der Waals surface area contributed by atoms with Gasteiger partial charge in [-0.05, 0) is 38.5 Å². The first-order valence-electron chi connectivity index (χ1n) is 8.31. The number of carbonyl (C=O) groups is 2. The predicted octanol–water partition coefficient (Wildman–Crippen LogP) is 2.76. The molecule has 0 aromatic carbocycles. The van der Waals surface area contributed by atoms with Crippen molar-refractivity contribution in [1.29, 1.82) is 0 Å². The lowest BCUT2D eigenvalue weighted by atomic mass is 9.81. The predicted molar refractivity (Wildman–Crippen MR) is 83.3 cm³/mol. The van der Waals surface area contributed by atoms with E-state index in [2.05, 4.69) is 4.90 Å². The Morgan fingerprint density at radius 2 is 1.62 bits per heavy atom. The van der Waals surface area contributed by atoms with Crippen molar-refractivity contribution in [3.8, 4) is 0 Å². The van der Waals surface area contributed by atoms with E-state index in [0.29, 0.717) is 30.0 Å². The molecule has 0 radical (unpaired) electrons. The molecular weight excluding hydrogens is 286 g/mol. The summed E-state index contributed by atoms with van der Waals surface area (Å²) in [5.74, 6) is 0.538. The van der Waals surface area contributed by atoms with Crippen LogP contribution in [0.3, 0.4) is 0 Å². The summed E-state index contributed by atoms with van der Waals surface area (Å²) in [4.78, 5) is 26.0. The van der Waals surface area contributed by atoms with E-state index >= 15 is 0 Å². The highest BCUT2D eigenvalue weighted by Gasteiger charge is 2.39. The monoisotopic (exact) mass is 311 g/mol. The van der Waals surface area contributed by atoms with Crippen molar-refractivity contribution in [3.05, 3.63) is 0 Å². The van der Waals surface area contributed by atoms with Crippen molar-refractivity contribution < 1.29 is 14.7 Å². The third kappa shape index (κ3) is 3.22. The first-order valence-corrected chi connectivity index (χ1v) is 9.36. The fourth-order valence-electron chi connectivity index (χ4n) is 4.19. The molecule has 0 bridgehead atoms.